The van der Waals surface area contributed by atoms with Crippen LogP contribution in [0.15, 0.2) is 60.9 Å². The zero-order chi connectivity index (χ0) is 21.6. The maximum absolute atomic E-state index is 12.6. The molecule has 0 aliphatic rings. The molecule has 0 atom stereocenters. The maximum Gasteiger partial charge on any atom is 0.433 e. The van der Waals surface area contributed by atoms with Crippen molar-refractivity contribution in [3.8, 4) is 17.4 Å². The second-order valence-electron chi connectivity index (χ2n) is 6.12. The zero-order valence-corrected chi connectivity index (χ0v) is 15.9. The Morgan fingerprint density at radius 1 is 1.03 bits per heavy atom. The number of ether oxygens (including phenoxy) is 2. The lowest BCUT2D eigenvalue weighted by molar-refractivity contribution is -0.141. The molecule has 1 amide bonds. The summed E-state index contributed by atoms with van der Waals surface area (Å²) in [6, 6.07) is 12.2. The number of carbonyl (C=O) groups is 1. The number of alkyl halides is 3. The van der Waals surface area contributed by atoms with E-state index in [9.17, 15) is 18.0 Å². The minimum absolute atomic E-state index is 0.0305. The van der Waals surface area contributed by atoms with Crippen LogP contribution in [0.2, 0.25) is 0 Å². The van der Waals surface area contributed by atoms with Gasteiger partial charge in [-0.05, 0) is 55.0 Å². The van der Waals surface area contributed by atoms with Crippen molar-refractivity contribution in [3.05, 3.63) is 77.7 Å². The average molecular weight is 417 g/mol. The predicted molar refractivity (Wildman–Crippen MR) is 102 cm³/mol. The molecule has 3 aromatic rings. The average Bonchev–Trinajstić information content (AvgIpc) is 2.73. The van der Waals surface area contributed by atoms with Crippen LogP contribution in [-0.4, -0.2) is 22.5 Å². The fourth-order valence-corrected chi connectivity index (χ4v) is 2.49. The van der Waals surface area contributed by atoms with E-state index >= 15 is 0 Å². The van der Waals surface area contributed by atoms with Gasteiger partial charge in [-0.3, -0.25) is 9.78 Å². The highest BCUT2D eigenvalue weighted by Gasteiger charge is 2.32. The third-order valence-electron chi connectivity index (χ3n) is 3.93. The summed E-state index contributed by atoms with van der Waals surface area (Å²) in [6.45, 7) is 2.60. The maximum atomic E-state index is 12.6. The van der Waals surface area contributed by atoms with Crippen molar-refractivity contribution in [2.24, 2.45) is 0 Å². The van der Waals surface area contributed by atoms with Crippen LogP contribution in [-0.2, 0) is 12.7 Å². The molecule has 1 N–H and O–H groups in total. The normalized spacial score (nSPS) is 11.1. The molecule has 2 heterocycles. The van der Waals surface area contributed by atoms with Crippen LogP contribution in [0.5, 0.6) is 17.4 Å². The van der Waals surface area contributed by atoms with Gasteiger partial charge in [0.1, 0.15) is 17.2 Å². The highest BCUT2D eigenvalue weighted by molar-refractivity contribution is 5.93. The van der Waals surface area contributed by atoms with E-state index in [4.69, 9.17) is 9.47 Å². The number of pyridine rings is 2. The molecular formula is C21H18F3N3O3. The second-order valence-corrected chi connectivity index (χ2v) is 6.12. The van der Waals surface area contributed by atoms with E-state index in [0.29, 0.717) is 23.8 Å². The Labute approximate surface area is 170 Å². The van der Waals surface area contributed by atoms with Crippen molar-refractivity contribution >= 4 is 5.91 Å². The van der Waals surface area contributed by atoms with Gasteiger partial charge in [-0.2, -0.15) is 13.2 Å². The zero-order valence-electron chi connectivity index (χ0n) is 15.9. The van der Waals surface area contributed by atoms with E-state index in [1.807, 2.05) is 6.92 Å². The summed E-state index contributed by atoms with van der Waals surface area (Å²) in [6.07, 6.45) is -2.12. The summed E-state index contributed by atoms with van der Waals surface area (Å²) >= 11 is 0. The number of nitrogens with one attached hydrogen (secondary N) is 1. The lowest BCUT2D eigenvalue weighted by Crippen LogP contribution is -2.23. The van der Waals surface area contributed by atoms with Crippen LogP contribution < -0.4 is 14.8 Å². The fraction of sp³-hybridized carbons (Fsp3) is 0.190. The molecule has 0 saturated carbocycles. The Bertz CT molecular complexity index is 991. The van der Waals surface area contributed by atoms with Crippen LogP contribution in [0, 0.1) is 0 Å². The summed E-state index contributed by atoms with van der Waals surface area (Å²) in [5, 5.41) is 2.63. The van der Waals surface area contributed by atoms with Crippen LogP contribution in [0.1, 0.15) is 28.5 Å². The number of nitrogens with zero attached hydrogens (tertiary/aromatic N) is 2. The SMILES string of the molecule is CCOc1ccc(Oc2cc(CNC(=O)c3ccc(C(F)(F)F)nc3)ccn2)cc1. The molecule has 6 nitrogen and oxygen atoms in total. The van der Waals surface area contributed by atoms with Gasteiger partial charge in [-0.25, -0.2) is 4.98 Å². The van der Waals surface area contributed by atoms with Gasteiger partial charge in [0.15, 0.2) is 0 Å². The second kappa shape index (κ2) is 9.25. The predicted octanol–water partition coefficient (Wildman–Crippen LogP) is 4.62. The Morgan fingerprint density at radius 2 is 1.77 bits per heavy atom. The smallest absolute Gasteiger partial charge is 0.433 e. The topological polar surface area (TPSA) is 73.3 Å². The minimum atomic E-state index is -4.55. The van der Waals surface area contributed by atoms with Crippen molar-refractivity contribution in [3.63, 3.8) is 0 Å². The molecule has 0 bridgehead atoms. The van der Waals surface area contributed by atoms with Crippen LogP contribution >= 0.6 is 0 Å². The molecule has 0 aliphatic carbocycles. The van der Waals surface area contributed by atoms with Crippen molar-refractivity contribution in [1.29, 1.82) is 0 Å². The number of amides is 1. The van der Waals surface area contributed by atoms with E-state index in [1.165, 1.54) is 6.20 Å². The van der Waals surface area contributed by atoms with E-state index < -0.39 is 17.8 Å². The number of hydrogen-bond acceptors (Lipinski definition) is 5. The van der Waals surface area contributed by atoms with Gasteiger partial charge in [-0.15, -0.1) is 0 Å². The highest BCUT2D eigenvalue weighted by atomic mass is 19.4. The summed E-state index contributed by atoms with van der Waals surface area (Å²) in [4.78, 5) is 19.6. The first-order valence-electron chi connectivity index (χ1n) is 9.02. The summed E-state index contributed by atoms with van der Waals surface area (Å²) in [7, 11) is 0. The van der Waals surface area contributed by atoms with Crippen molar-refractivity contribution in [1.82, 2.24) is 15.3 Å². The van der Waals surface area contributed by atoms with Gasteiger partial charge in [0.2, 0.25) is 5.88 Å². The van der Waals surface area contributed by atoms with Crippen molar-refractivity contribution < 1.29 is 27.4 Å². The highest BCUT2D eigenvalue weighted by Crippen LogP contribution is 2.27. The standard InChI is InChI=1S/C21H18F3N3O3/c1-2-29-16-4-6-17(7-5-16)30-19-11-14(9-10-25-19)12-27-20(28)15-3-8-18(26-13-15)21(22,23)24/h3-11,13H,2,12H2,1H3,(H,27,28). The first-order chi connectivity index (χ1) is 14.3. The van der Waals surface area contributed by atoms with Gasteiger partial charge < -0.3 is 14.8 Å². The van der Waals surface area contributed by atoms with Crippen molar-refractivity contribution in [2.75, 3.05) is 6.61 Å². The first kappa shape index (κ1) is 21.1. The third-order valence-corrected chi connectivity index (χ3v) is 3.93. The molecule has 30 heavy (non-hydrogen) atoms. The van der Waals surface area contributed by atoms with E-state index in [-0.39, 0.29) is 12.1 Å². The minimum Gasteiger partial charge on any atom is -0.494 e. The summed E-state index contributed by atoms with van der Waals surface area (Å²) in [5.41, 5.74) is -0.314. The Balaban J connectivity index is 1.59. The van der Waals surface area contributed by atoms with Gasteiger partial charge in [-0.1, -0.05) is 0 Å². The first-order valence-corrected chi connectivity index (χ1v) is 9.02. The molecule has 1 aromatic carbocycles. The molecule has 0 saturated heterocycles. The Kier molecular flexibility index (Phi) is 6.51. The Morgan fingerprint density at radius 3 is 2.40 bits per heavy atom. The number of benzene rings is 1. The molecule has 0 unspecified atom stereocenters. The van der Waals surface area contributed by atoms with Crippen LogP contribution in [0.3, 0.4) is 0 Å². The number of hydrogen-bond donors (Lipinski definition) is 1. The molecule has 0 radical (unpaired) electrons. The lowest BCUT2D eigenvalue weighted by atomic mass is 10.2. The largest absolute Gasteiger partial charge is 0.494 e. The Hall–Kier alpha value is -3.62. The number of halogens is 3. The van der Waals surface area contributed by atoms with Gasteiger partial charge in [0.05, 0.1) is 12.2 Å². The molecule has 9 heteroatoms. The van der Waals surface area contributed by atoms with Gasteiger partial charge in [0.25, 0.3) is 5.91 Å². The molecule has 3 rings (SSSR count). The van der Waals surface area contributed by atoms with Crippen LogP contribution in [0.25, 0.3) is 0 Å². The summed E-state index contributed by atoms with van der Waals surface area (Å²) in [5.74, 6) is 1.10. The van der Waals surface area contributed by atoms with E-state index in [0.717, 1.165) is 24.1 Å². The van der Waals surface area contributed by atoms with Gasteiger partial charge in [0, 0.05) is 25.0 Å². The molecule has 0 fully saturated rings. The molecule has 0 spiro atoms. The third kappa shape index (κ3) is 5.69. The number of aromatic nitrogens is 2. The van der Waals surface area contributed by atoms with Gasteiger partial charge >= 0.3 is 6.18 Å². The van der Waals surface area contributed by atoms with E-state index in [1.54, 1.807) is 36.4 Å². The summed E-state index contributed by atoms with van der Waals surface area (Å²) < 4.78 is 48.7. The molecular weight excluding hydrogens is 399 g/mol. The quantitative estimate of drug-likeness (QED) is 0.608. The number of carbonyl (C=O) groups excluding carboxylic acids is 1. The molecule has 0 aliphatic heterocycles. The fourth-order valence-electron chi connectivity index (χ4n) is 2.49. The van der Waals surface area contributed by atoms with E-state index in [2.05, 4.69) is 15.3 Å². The van der Waals surface area contributed by atoms with Crippen molar-refractivity contribution in [2.45, 2.75) is 19.6 Å². The molecule has 2 aromatic heterocycles. The molecule has 156 valence electrons. The van der Waals surface area contributed by atoms with Crippen LogP contribution in [0.4, 0.5) is 13.2 Å². The lowest BCUT2D eigenvalue weighted by Gasteiger charge is -2.09. The number of rotatable bonds is 7. The monoisotopic (exact) mass is 417 g/mol.